The molecule has 1 rings (SSSR count). The van der Waals surface area contributed by atoms with Gasteiger partial charge in [0.05, 0.1) is 0 Å². The number of aromatic nitrogens is 3. The monoisotopic (exact) mass is 211 g/mol. The number of nitrogens with two attached hydrogens (primary N) is 2. The fraction of sp³-hybridized carbons (Fsp3) is 0.800. The summed E-state index contributed by atoms with van der Waals surface area (Å²) in [6, 6.07) is 0.277. The molecule has 0 saturated carbocycles. The van der Waals surface area contributed by atoms with E-state index >= 15 is 0 Å². The molecule has 0 aliphatic heterocycles. The van der Waals surface area contributed by atoms with E-state index in [9.17, 15) is 0 Å². The molecule has 0 aromatic carbocycles. The van der Waals surface area contributed by atoms with Crippen molar-refractivity contribution < 1.29 is 0 Å². The van der Waals surface area contributed by atoms with Gasteiger partial charge in [0.1, 0.15) is 0 Å². The summed E-state index contributed by atoms with van der Waals surface area (Å²) in [7, 11) is 1.81. The van der Waals surface area contributed by atoms with Crippen molar-refractivity contribution in [3.05, 3.63) is 5.82 Å². The van der Waals surface area contributed by atoms with Crippen molar-refractivity contribution in [3.8, 4) is 0 Å². The van der Waals surface area contributed by atoms with Gasteiger partial charge >= 0.3 is 0 Å². The molecule has 0 fully saturated rings. The molecule has 4 N–H and O–H groups in total. The minimum absolute atomic E-state index is 0.277. The van der Waals surface area contributed by atoms with Gasteiger partial charge in [0.15, 0.2) is 5.82 Å². The Morgan fingerprint density at radius 1 is 1.33 bits per heavy atom. The molecule has 2 unspecified atom stereocenters. The van der Waals surface area contributed by atoms with Gasteiger partial charge in [-0.2, -0.15) is 10.1 Å². The van der Waals surface area contributed by atoms with Crippen LogP contribution in [0.1, 0.15) is 44.9 Å². The minimum atomic E-state index is 0.277. The lowest BCUT2D eigenvalue weighted by molar-refractivity contribution is 0.540. The van der Waals surface area contributed by atoms with Crippen molar-refractivity contribution in [1.29, 1.82) is 0 Å². The maximum atomic E-state index is 5.69. The van der Waals surface area contributed by atoms with Crippen molar-refractivity contribution in [3.63, 3.8) is 0 Å². The highest BCUT2D eigenvalue weighted by Gasteiger charge is 2.12. The van der Waals surface area contributed by atoms with Crippen LogP contribution in [0, 0.1) is 0 Å². The molecule has 5 nitrogen and oxygen atoms in total. The minimum Gasteiger partial charge on any atom is -0.368 e. The lowest BCUT2D eigenvalue weighted by atomic mass is 10.0. The van der Waals surface area contributed by atoms with E-state index in [0.717, 1.165) is 25.1 Å². The molecule has 0 saturated heterocycles. The highest BCUT2D eigenvalue weighted by molar-refractivity contribution is 5.16. The Labute approximate surface area is 90.9 Å². The van der Waals surface area contributed by atoms with Crippen LogP contribution in [0.4, 0.5) is 5.95 Å². The van der Waals surface area contributed by atoms with Crippen LogP contribution in [0.2, 0.25) is 0 Å². The SMILES string of the molecule is CC(N)CCCC(C)c1nc(N)n(C)n1. The summed E-state index contributed by atoms with van der Waals surface area (Å²) in [6.45, 7) is 4.15. The number of nitrogen functional groups attached to an aromatic ring is 1. The van der Waals surface area contributed by atoms with Gasteiger partial charge in [0, 0.05) is 19.0 Å². The topological polar surface area (TPSA) is 82.7 Å². The Kier molecular flexibility index (Phi) is 4.08. The Morgan fingerprint density at radius 3 is 2.47 bits per heavy atom. The molecule has 0 amide bonds. The normalized spacial score (nSPS) is 15.2. The van der Waals surface area contributed by atoms with Crippen LogP contribution in [0.15, 0.2) is 0 Å². The first-order valence-corrected chi connectivity index (χ1v) is 5.42. The Bertz CT molecular complexity index is 285. The second-order valence-corrected chi connectivity index (χ2v) is 4.26. The highest BCUT2D eigenvalue weighted by Crippen LogP contribution is 2.19. The second kappa shape index (κ2) is 5.11. The first kappa shape index (κ1) is 12.0. The fourth-order valence-corrected chi connectivity index (χ4v) is 1.50. The average Bonchev–Trinajstić information content (AvgIpc) is 2.46. The van der Waals surface area contributed by atoms with E-state index in [4.69, 9.17) is 11.5 Å². The largest absolute Gasteiger partial charge is 0.368 e. The van der Waals surface area contributed by atoms with Gasteiger partial charge < -0.3 is 11.5 Å². The van der Waals surface area contributed by atoms with Crippen molar-refractivity contribution in [2.45, 2.75) is 45.1 Å². The molecule has 0 radical (unpaired) electrons. The summed E-state index contributed by atoms with van der Waals surface area (Å²) >= 11 is 0. The van der Waals surface area contributed by atoms with Crippen LogP contribution in [0.3, 0.4) is 0 Å². The van der Waals surface area contributed by atoms with E-state index < -0.39 is 0 Å². The summed E-state index contributed by atoms with van der Waals surface area (Å²) in [5.74, 6) is 1.66. The van der Waals surface area contributed by atoms with Gasteiger partial charge in [-0.3, -0.25) is 0 Å². The summed E-state index contributed by atoms with van der Waals surface area (Å²) in [4.78, 5) is 4.21. The maximum Gasteiger partial charge on any atom is 0.218 e. The van der Waals surface area contributed by atoms with Crippen LogP contribution >= 0.6 is 0 Å². The summed E-state index contributed by atoms with van der Waals surface area (Å²) in [5.41, 5.74) is 11.3. The van der Waals surface area contributed by atoms with Crippen LogP contribution in [-0.2, 0) is 7.05 Å². The number of anilines is 1. The third kappa shape index (κ3) is 3.51. The number of rotatable bonds is 5. The third-order valence-electron chi connectivity index (χ3n) is 2.55. The Hall–Kier alpha value is -1.10. The lowest BCUT2D eigenvalue weighted by Gasteiger charge is -2.08. The molecule has 0 aliphatic carbocycles. The number of nitrogens with zero attached hydrogens (tertiary/aromatic N) is 3. The van der Waals surface area contributed by atoms with Crippen molar-refractivity contribution >= 4 is 5.95 Å². The van der Waals surface area contributed by atoms with Crippen LogP contribution in [0.5, 0.6) is 0 Å². The van der Waals surface area contributed by atoms with E-state index in [1.807, 2.05) is 6.92 Å². The highest BCUT2D eigenvalue weighted by atomic mass is 15.4. The molecule has 1 aromatic heterocycles. The molecular weight excluding hydrogens is 190 g/mol. The zero-order valence-electron chi connectivity index (χ0n) is 9.77. The number of hydrogen-bond donors (Lipinski definition) is 2. The quantitative estimate of drug-likeness (QED) is 0.761. The third-order valence-corrected chi connectivity index (χ3v) is 2.55. The molecule has 1 heterocycles. The summed E-state index contributed by atoms with van der Waals surface area (Å²) < 4.78 is 1.61. The molecule has 15 heavy (non-hydrogen) atoms. The van der Waals surface area contributed by atoms with Gasteiger partial charge in [-0.05, 0) is 19.8 Å². The van der Waals surface area contributed by atoms with E-state index in [2.05, 4.69) is 17.0 Å². The van der Waals surface area contributed by atoms with Crippen molar-refractivity contribution in [2.24, 2.45) is 12.8 Å². The van der Waals surface area contributed by atoms with Crippen molar-refractivity contribution in [1.82, 2.24) is 14.8 Å². The van der Waals surface area contributed by atoms with Crippen LogP contribution in [-0.4, -0.2) is 20.8 Å². The molecule has 86 valence electrons. The standard InChI is InChI=1S/C10H21N5/c1-7(5-4-6-8(2)11)9-13-10(12)15(3)14-9/h7-8H,4-6,11H2,1-3H3,(H2,12,13,14). The molecule has 1 aromatic rings. The predicted molar refractivity (Wildman–Crippen MR) is 61.3 cm³/mol. The Morgan fingerprint density at radius 2 is 2.00 bits per heavy atom. The first-order valence-electron chi connectivity index (χ1n) is 5.42. The lowest BCUT2D eigenvalue weighted by Crippen LogP contribution is -2.14. The predicted octanol–water partition coefficient (Wildman–Crippen LogP) is 1.02. The van der Waals surface area contributed by atoms with Gasteiger partial charge in [0.25, 0.3) is 0 Å². The molecular formula is C10H21N5. The van der Waals surface area contributed by atoms with Gasteiger partial charge in [-0.1, -0.05) is 13.3 Å². The molecule has 0 aliphatic rings. The molecule has 0 spiro atoms. The van der Waals surface area contributed by atoms with Crippen LogP contribution in [0.25, 0.3) is 0 Å². The van der Waals surface area contributed by atoms with Gasteiger partial charge in [0.2, 0.25) is 5.95 Å². The van der Waals surface area contributed by atoms with Crippen LogP contribution < -0.4 is 11.5 Å². The zero-order chi connectivity index (χ0) is 11.4. The Balaban J connectivity index is 2.43. The molecule has 2 atom stereocenters. The summed E-state index contributed by atoms with van der Waals surface area (Å²) in [5, 5.41) is 4.26. The van der Waals surface area contributed by atoms with Crippen molar-refractivity contribution in [2.75, 3.05) is 5.73 Å². The molecule has 0 bridgehead atoms. The zero-order valence-corrected chi connectivity index (χ0v) is 9.77. The van der Waals surface area contributed by atoms with E-state index in [1.54, 1.807) is 11.7 Å². The van der Waals surface area contributed by atoms with E-state index in [-0.39, 0.29) is 6.04 Å². The maximum absolute atomic E-state index is 5.69. The number of hydrogen-bond acceptors (Lipinski definition) is 4. The second-order valence-electron chi connectivity index (χ2n) is 4.26. The number of aryl methyl sites for hydroxylation is 1. The average molecular weight is 211 g/mol. The fourth-order valence-electron chi connectivity index (χ4n) is 1.50. The first-order chi connectivity index (χ1) is 7.00. The van der Waals surface area contributed by atoms with E-state index in [0.29, 0.717) is 11.9 Å². The molecule has 5 heteroatoms. The summed E-state index contributed by atoms with van der Waals surface area (Å²) in [6.07, 6.45) is 3.22. The van der Waals surface area contributed by atoms with E-state index in [1.165, 1.54) is 0 Å². The van der Waals surface area contributed by atoms with Gasteiger partial charge in [-0.15, -0.1) is 0 Å². The smallest absolute Gasteiger partial charge is 0.218 e. The van der Waals surface area contributed by atoms with Gasteiger partial charge in [-0.25, -0.2) is 4.68 Å².